The normalized spacial score (nSPS) is 16.5. The van der Waals surface area contributed by atoms with Gasteiger partial charge in [0.15, 0.2) is 0 Å². The Morgan fingerprint density at radius 2 is 1.97 bits per heavy atom. The summed E-state index contributed by atoms with van der Waals surface area (Å²) in [5.41, 5.74) is 2.51. The molecular weight excluding hydrogens is 418 g/mol. The topological polar surface area (TPSA) is 89.4 Å². The minimum absolute atomic E-state index is 0.0785. The van der Waals surface area contributed by atoms with Crippen molar-refractivity contribution in [2.24, 2.45) is 5.92 Å². The van der Waals surface area contributed by atoms with Gasteiger partial charge in [0.05, 0.1) is 29.9 Å². The Hall–Kier alpha value is -3.26. The van der Waals surface area contributed by atoms with Crippen molar-refractivity contribution in [3.05, 3.63) is 59.5 Å². The number of carbonyl (C=O) groups excluding carboxylic acids is 2. The van der Waals surface area contributed by atoms with Crippen LogP contribution in [0.15, 0.2) is 42.6 Å². The van der Waals surface area contributed by atoms with Gasteiger partial charge in [0.25, 0.3) is 11.8 Å². The lowest BCUT2D eigenvalue weighted by Gasteiger charge is -2.33. The smallest absolute Gasteiger partial charge is 0.272 e. The zero-order chi connectivity index (χ0) is 23.5. The molecule has 33 heavy (non-hydrogen) atoms. The number of nitrogens with one attached hydrogen (secondary N) is 1. The molecule has 0 radical (unpaired) electrons. The van der Waals surface area contributed by atoms with E-state index in [1.54, 1.807) is 27.9 Å². The molecule has 8 heteroatoms. The van der Waals surface area contributed by atoms with Gasteiger partial charge in [0.2, 0.25) is 0 Å². The zero-order valence-corrected chi connectivity index (χ0v) is 19.6. The van der Waals surface area contributed by atoms with Crippen LogP contribution < -0.4 is 5.32 Å². The SMILES string of the molecule is CC(C)CNC(=O)c1cc(C2CN(C(=O)c3ccnn3C(C)C)CCO2)nc2ccccc12. The monoisotopic (exact) mass is 449 g/mol. The molecule has 1 atom stereocenters. The Kier molecular flexibility index (Phi) is 6.74. The number of rotatable bonds is 6. The quantitative estimate of drug-likeness (QED) is 0.621. The molecule has 2 amide bonds. The van der Waals surface area contributed by atoms with Crippen molar-refractivity contribution >= 4 is 22.7 Å². The fourth-order valence-corrected chi connectivity index (χ4v) is 4.01. The fourth-order valence-electron chi connectivity index (χ4n) is 4.01. The lowest BCUT2D eigenvalue weighted by Crippen LogP contribution is -2.43. The van der Waals surface area contributed by atoms with Crippen molar-refractivity contribution < 1.29 is 14.3 Å². The molecule has 0 aliphatic carbocycles. The maximum Gasteiger partial charge on any atom is 0.272 e. The van der Waals surface area contributed by atoms with E-state index in [2.05, 4.69) is 24.3 Å². The second-order valence-electron chi connectivity index (χ2n) is 9.08. The van der Waals surface area contributed by atoms with E-state index in [-0.39, 0.29) is 17.9 Å². The van der Waals surface area contributed by atoms with E-state index in [0.717, 1.165) is 10.9 Å². The summed E-state index contributed by atoms with van der Waals surface area (Å²) in [6.07, 6.45) is 1.23. The van der Waals surface area contributed by atoms with E-state index in [1.807, 2.05) is 38.1 Å². The number of hydrogen-bond acceptors (Lipinski definition) is 5. The molecule has 1 aliphatic heterocycles. The van der Waals surface area contributed by atoms with Gasteiger partial charge >= 0.3 is 0 Å². The van der Waals surface area contributed by atoms with Crippen LogP contribution in [0.5, 0.6) is 0 Å². The molecule has 1 aliphatic rings. The number of morpholine rings is 1. The van der Waals surface area contributed by atoms with E-state index in [9.17, 15) is 9.59 Å². The summed E-state index contributed by atoms with van der Waals surface area (Å²) in [6, 6.07) is 11.2. The average Bonchev–Trinajstić information content (AvgIpc) is 3.32. The van der Waals surface area contributed by atoms with Crippen LogP contribution in [0.25, 0.3) is 10.9 Å². The van der Waals surface area contributed by atoms with Crippen molar-refractivity contribution in [3.8, 4) is 0 Å². The molecular formula is C25H31N5O3. The van der Waals surface area contributed by atoms with E-state index in [4.69, 9.17) is 9.72 Å². The third kappa shape index (κ3) is 4.90. The first-order valence-corrected chi connectivity index (χ1v) is 11.5. The van der Waals surface area contributed by atoms with Crippen molar-refractivity contribution in [3.63, 3.8) is 0 Å². The number of aromatic nitrogens is 3. The summed E-state index contributed by atoms with van der Waals surface area (Å²) < 4.78 is 7.75. The molecule has 4 rings (SSSR count). The summed E-state index contributed by atoms with van der Waals surface area (Å²) in [7, 11) is 0. The first kappa shape index (κ1) is 22.9. The van der Waals surface area contributed by atoms with Crippen molar-refractivity contribution in [1.29, 1.82) is 0 Å². The van der Waals surface area contributed by atoms with Crippen LogP contribution in [-0.2, 0) is 4.74 Å². The third-order valence-corrected chi connectivity index (χ3v) is 5.71. The highest BCUT2D eigenvalue weighted by Gasteiger charge is 2.30. The molecule has 1 saturated heterocycles. The summed E-state index contributed by atoms with van der Waals surface area (Å²) in [4.78, 5) is 32.8. The number of benzene rings is 1. The number of amides is 2. The number of hydrogen-bond donors (Lipinski definition) is 1. The van der Waals surface area contributed by atoms with Gasteiger partial charge < -0.3 is 15.0 Å². The Morgan fingerprint density at radius 3 is 2.73 bits per heavy atom. The highest BCUT2D eigenvalue weighted by molar-refractivity contribution is 6.06. The van der Waals surface area contributed by atoms with E-state index >= 15 is 0 Å². The second kappa shape index (κ2) is 9.70. The predicted molar refractivity (Wildman–Crippen MR) is 126 cm³/mol. The predicted octanol–water partition coefficient (Wildman–Crippen LogP) is 3.61. The van der Waals surface area contributed by atoms with Crippen LogP contribution in [0.1, 0.15) is 66.4 Å². The lowest BCUT2D eigenvalue weighted by molar-refractivity contribution is -0.0250. The van der Waals surface area contributed by atoms with Gasteiger partial charge in [0, 0.05) is 30.7 Å². The van der Waals surface area contributed by atoms with Crippen molar-refractivity contribution in [2.75, 3.05) is 26.2 Å². The van der Waals surface area contributed by atoms with Crippen LogP contribution in [0.4, 0.5) is 0 Å². The van der Waals surface area contributed by atoms with E-state index in [1.165, 1.54) is 0 Å². The van der Waals surface area contributed by atoms with Crippen LogP contribution in [0.3, 0.4) is 0 Å². The Labute approximate surface area is 193 Å². The zero-order valence-electron chi connectivity index (χ0n) is 19.6. The molecule has 1 fully saturated rings. The molecule has 0 spiro atoms. The molecule has 0 bridgehead atoms. The molecule has 8 nitrogen and oxygen atoms in total. The van der Waals surface area contributed by atoms with Gasteiger partial charge in [-0.3, -0.25) is 14.3 Å². The van der Waals surface area contributed by atoms with Gasteiger partial charge in [0.1, 0.15) is 11.8 Å². The average molecular weight is 450 g/mol. The summed E-state index contributed by atoms with van der Waals surface area (Å²) in [6.45, 7) is 9.96. The van der Waals surface area contributed by atoms with Gasteiger partial charge in [-0.1, -0.05) is 32.0 Å². The number of carbonyl (C=O) groups is 2. The molecule has 3 aromatic rings. The molecule has 174 valence electrons. The molecule has 2 aromatic heterocycles. The van der Waals surface area contributed by atoms with Gasteiger partial charge in [-0.25, -0.2) is 4.98 Å². The minimum Gasteiger partial charge on any atom is -0.368 e. The Morgan fingerprint density at radius 1 is 1.18 bits per heavy atom. The fraction of sp³-hybridized carbons (Fsp3) is 0.440. The van der Waals surface area contributed by atoms with Gasteiger partial charge in [-0.15, -0.1) is 0 Å². The molecule has 1 N–H and O–H groups in total. The first-order chi connectivity index (χ1) is 15.8. The molecule has 1 aromatic carbocycles. The summed E-state index contributed by atoms with van der Waals surface area (Å²) in [5, 5.41) is 8.08. The first-order valence-electron chi connectivity index (χ1n) is 11.5. The van der Waals surface area contributed by atoms with Crippen molar-refractivity contribution in [2.45, 2.75) is 39.8 Å². The Bertz CT molecular complexity index is 1150. The maximum atomic E-state index is 13.2. The molecule has 1 unspecified atom stereocenters. The van der Waals surface area contributed by atoms with Crippen LogP contribution in [0.2, 0.25) is 0 Å². The Balaban J connectivity index is 1.62. The summed E-state index contributed by atoms with van der Waals surface area (Å²) in [5.74, 6) is 0.139. The number of ether oxygens (including phenoxy) is 1. The highest BCUT2D eigenvalue weighted by Crippen LogP contribution is 2.27. The standard InChI is InChI=1S/C25H31N5O3/c1-16(2)14-26-24(31)19-13-21(28-20-8-6-5-7-18(19)20)23-15-29(11-12-33-23)25(32)22-9-10-27-30(22)17(3)4/h5-10,13,16-17,23H,11-12,14-15H2,1-4H3,(H,26,31). The second-order valence-corrected chi connectivity index (χ2v) is 9.08. The van der Waals surface area contributed by atoms with Crippen LogP contribution >= 0.6 is 0 Å². The number of fused-ring (bicyclic) bond motifs is 1. The molecule has 3 heterocycles. The minimum atomic E-state index is -0.417. The van der Waals surface area contributed by atoms with E-state index in [0.29, 0.717) is 49.1 Å². The lowest BCUT2D eigenvalue weighted by atomic mass is 10.0. The van der Waals surface area contributed by atoms with Crippen LogP contribution in [0, 0.1) is 5.92 Å². The number of nitrogens with zero attached hydrogens (tertiary/aromatic N) is 4. The van der Waals surface area contributed by atoms with Gasteiger partial charge in [-0.2, -0.15) is 5.10 Å². The van der Waals surface area contributed by atoms with Crippen LogP contribution in [-0.4, -0.2) is 57.7 Å². The maximum absolute atomic E-state index is 13.2. The van der Waals surface area contributed by atoms with E-state index < -0.39 is 6.10 Å². The van der Waals surface area contributed by atoms with Gasteiger partial charge in [-0.05, 0) is 38.0 Å². The third-order valence-electron chi connectivity index (χ3n) is 5.71. The summed E-state index contributed by atoms with van der Waals surface area (Å²) >= 11 is 0. The number of para-hydroxylation sites is 1. The highest BCUT2D eigenvalue weighted by atomic mass is 16.5. The molecule has 0 saturated carbocycles. The largest absolute Gasteiger partial charge is 0.368 e. The number of pyridine rings is 1. The van der Waals surface area contributed by atoms with Crippen molar-refractivity contribution in [1.82, 2.24) is 25.0 Å².